The zero-order chi connectivity index (χ0) is 23.5. The number of hydrogen-bond donors (Lipinski definition) is 2. The molecule has 0 atom stereocenters. The number of carbonyl (C=O) groups excluding carboxylic acids is 1. The molecule has 3 rings (SSSR count). The molecule has 1 aromatic carbocycles. The van der Waals surface area contributed by atoms with Gasteiger partial charge in [-0.05, 0) is 53.3 Å². The smallest absolute Gasteiger partial charge is 0.231 e. The van der Waals surface area contributed by atoms with Gasteiger partial charge in [-0.25, -0.2) is 18.4 Å². The second-order valence-electron chi connectivity index (χ2n) is 8.14. The molecule has 0 aliphatic heterocycles. The highest BCUT2D eigenvalue weighted by Crippen LogP contribution is 2.29. The highest BCUT2D eigenvalue weighted by molar-refractivity contribution is 8.00. The first-order chi connectivity index (χ1) is 14.9. The summed E-state index contributed by atoms with van der Waals surface area (Å²) in [6.45, 7) is 6.45. The fourth-order valence-corrected chi connectivity index (χ4v) is 4.07. The first-order valence-corrected chi connectivity index (χ1v) is 12.7. The lowest BCUT2D eigenvalue weighted by Crippen LogP contribution is -2.14. The molecule has 0 amide bonds. The highest BCUT2D eigenvalue weighted by Gasteiger charge is 2.19. The number of carbonyl (C=O) groups is 1. The minimum Gasteiger partial charge on any atom is -0.324 e. The maximum Gasteiger partial charge on any atom is 0.231 e. The number of halogens is 1. The second-order valence-corrected chi connectivity index (χ2v) is 11.2. The van der Waals surface area contributed by atoms with Crippen LogP contribution in [-0.2, 0) is 15.4 Å². The van der Waals surface area contributed by atoms with Gasteiger partial charge >= 0.3 is 0 Å². The van der Waals surface area contributed by atoms with E-state index in [9.17, 15) is 13.2 Å². The van der Waals surface area contributed by atoms with Crippen molar-refractivity contribution < 1.29 is 13.2 Å². The number of sulfonamides is 1. The zero-order valence-electron chi connectivity index (χ0n) is 18.0. The van der Waals surface area contributed by atoms with E-state index in [4.69, 9.17) is 11.6 Å². The Balaban J connectivity index is 1.83. The normalized spacial score (nSPS) is 11.8. The first kappa shape index (κ1) is 24.0. The summed E-state index contributed by atoms with van der Waals surface area (Å²) in [5.74, 6) is -0.417. The molecule has 7 nitrogen and oxygen atoms in total. The Kier molecular flexibility index (Phi) is 7.12. The van der Waals surface area contributed by atoms with Gasteiger partial charge in [-0.1, -0.05) is 50.6 Å². The Labute approximate surface area is 197 Å². The first-order valence-electron chi connectivity index (χ1n) is 9.61. The number of hydrogen-bond acceptors (Lipinski definition) is 7. The average molecular weight is 491 g/mol. The van der Waals surface area contributed by atoms with Crippen molar-refractivity contribution in [2.45, 2.75) is 31.1 Å². The van der Waals surface area contributed by atoms with E-state index < -0.39 is 15.8 Å². The third-order valence-electron chi connectivity index (χ3n) is 4.34. The van der Waals surface area contributed by atoms with Crippen LogP contribution in [0, 0.1) is 0 Å². The number of nitrogens with one attached hydrogen (secondary N) is 2. The van der Waals surface area contributed by atoms with Gasteiger partial charge < -0.3 is 4.72 Å². The van der Waals surface area contributed by atoms with E-state index in [0.29, 0.717) is 10.7 Å². The van der Waals surface area contributed by atoms with E-state index in [1.165, 1.54) is 35.8 Å². The van der Waals surface area contributed by atoms with Crippen LogP contribution < -0.4 is 9.44 Å². The summed E-state index contributed by atoms with van der Waals surface area (Å²) < 4.78 is 28.3. The Hall–Kier alpha value is -2.62. The Morgan fingerprint density at radius 2 is 1.78 bits per heavy atom. The lowest BCUT2D eigenvalue weighted by Gasteiger charge is -2.19. The summed E-state index contributed by atoms with van der Waals surface area (Å²) in [4.78, 5) is 22.3. The van der Waals surface area contributed by atoms with Crippen LogP contribution in [0.4, 0.5) is 11.5 Å². The van der Waals surface area contributed by atoms with Gasteiger partial charge in [0.15, 0.2) is 0 Å². The molecule has 0 saturated carbocycles. The third-order valence-corrected chi connectivity index (χ3v) is 5.96. The van der Waals surface area contributed by atoms with Crippen LogP contribution in [-0.4, -0.2) is 30.4 Å². The predicted octanol–water partition coefficient (Wildman–Crippen LogP) is 5.15. The molecule has 0 bridgehead atoms. The molecule has 32 heavy (non-hydrogen) atoms. The lowest BCUT2D eigenvalue weighted by molar-refractivity contribution is 0.103. The lowest BCUT2D eigenvalue weighted by atomic mass is 9.87. The number of anilines is 2. The summed E-state index contributed by atoms with van der Waals surface area (Å²) in [7, 11) is -3.52. The molecule has 0 radical (unpaired) electrons. The molecular weight excluding hydrogens is 468 g/mol. The standard InChI is InChI=1S/C22H23ClN4O3S2/c1-22(2,3)14-8-10-16(11-9-14)31-26-18-12-15(23)13-24-20(18)21(28)17-6-5-7-19(25-17)27-32(4,29)30/h5-13,26H,1-4H3,(H,25,27). The quantitative estimate of drug-likeness (QED) is 0.349. The van der Waals surface area contributed by atoms with Crippen LogP contribution in [0.1, 0.15) is 42.5 Å². The number of pyridine rings is 2. The van der Waals surface area contributed by atoms with Gasteiger partial charge in [0, 0.05) is 11.1 Å². The van der Waals surface area contributed by atoms with Crippen LogP contribution in [0.15, 0.2) is 59.6 Å². The number of benzene rings is 1. The molecule has 3 aromatic rings. The predicted molar refractivity (Wildman–Crippen MR) is 130 cm³/mol. The molecule has 0 unspecified atom stereocenters. The fourth-order valence-electron chi connectivity index (χ4n) is 2.76. The molecule has 0 aliphatic rings. The van der Waals surface area contributed by atoms with Crippen molar-refractivity contribution in [3.63, 3.8) is 0 Å². The van der Waals surface area contributed by atoms with E-state index in [-0.39, 0.29) is 22.6 Å². The topological polar surface area (TPSA) is 101 Å². The molecular formula is C22H23ClN4O3S2. The Morgan fingerprint density at radius 1 is 1.09 bits per heavy atom. The van der Waals surface area contributed by atoms with Gasteiger partial charge in [-0.2, -0.15) is 0 Å². The van der Waals surface area contributed by atoms with E-state index in [2.05, 4.69) is 52.3 Å². The third kappa shape index (κ3) is 6.44. The maximum absolute atomic E-state index is 13.1. The number of nitrogens with zero attached hydrogens (tertiary/aromatic N) is 2. The van der Waals surface area contributed by atoms with Crippen LogP contribution in [0.2, 0.25) is 5.02 Å². The molecule has 2 N–H and O–H groups in total. The van der Waals surface area contributed by atoms with E-state index >= 15 is 0 Å². The molecule has 0 aliphatic carbocycles. The van der Waals surface area contributed by atoms with Gasteiger partial charge in [0.05, 0.1) is 17.0 Å². The minimum absolute atomic E-state index is 0.0511. The number of ketones is 1. The Morgan fingerprint density at radius 3 is 2.41 bits per heavy atom. The zero-order valence-corrected chi connectivity index (χ0v) is 20.4. The van der Waals surface area contributed by atoms with Crippen LogP contribution in [0.3, 0.4) is 0 Å². The van der Waals surface area contributed by atoms with E-state index in [1.807, 2.05) is 12.1 Å². The molecule has 0 fully saturated rings. The largest absolute Gasteiger partial charge is 0.324 e. The van der Waals surface area contributed by atoms with E-state index in [0.717, 1.165) is 11.2 Å². The summed E-state index contributed by atoms with van der Waals surface area (Å²) in [6.07, 6.45) is 2.39. The van der Waals surface area contributed by atoms with E-state index in [1.54, 1.807) is 12.1 Å². The highest BCUT2D eigenvalue weighted by atomic mass is 35.5. The SMILES string of the molecule is CC(C)(C)c1ccc(SNc2cc(Cl)cnc2C(=O)c2cccc(NS(C)(=O)=O)n2)cc1. The average Bonchev–Trinajstić information content (AvgIpc) is 2.70. The monoisotopic (exact) mass is 490 g/mol. The number of rotatable bonds is 7. The van der Waals surface area contributed by atoms with Crippen LogP contribution >= 0.6 is 23.5 Å². The second kappa shape index (κ2) is 9.48. The van der Waals surface area contributed by atoms with Crippen LogP contribution in [0.25, 0.3) is 0 Å². The summed E-state index contributed by atoms with van der Waals surface area (Å²) in [6, 6.07) is 14.2. The van der Waals surface area contributed by atoms with Crippen molar-refractivity contribution in [3.8, 4) is 0 Å². The Bertz CT molecular complexity index is 1240. The molecule has 2 aromatic heterocycles. The van der Waals surface area contributed by atoms with Gasteiger partial charge in [0.2, 0.25) is 15.8 Å². The van der Waals surface area contributed by atoms with Gasteiger partial charge in [-0.3, -0.25) is 9.52 Å². The van der Waals surface area contributed by atoms with Crippen molar-refractivity contribution in [1.82, 2.24) is 9.97 Å². The summed E-state index contributed by atoms with van der Waals surface area (Å²) >= 11 is 7.43. The van der Waals surface area contributed by atoms with Crippen molar-refractivity contribution in [3.05, 3.63) is 76.7 Å². The number of aromatic nitrogens is 2. The van der Waals surface area contributed by atoms with Gasteiger partial charge in [0.25, 0.3) is 0 Å². The molecule has 0 spiro atoms. The van der Waals surface area contributed by atoms with Crippen molar-refractivity contribution >= 4 is 50.9 Å². The molecule has 168 valence electrons. The van der Waals surface area contributed by atoms with Gasteiger partial charge in [0.1, 0.15) is 17.2 Å². The van der Waals surface area contributed by atoms with Crippen molar-refractivity contribution in [1.29, 1.82) is 0 Å². The molecule has 0 saturated heterocycles. The minimum atomic E-state index is -3.52. The maximum atomic E-state index is 13.1. The van der Waals surface area contributed by atoms with Crippen LogP contribution in [0.5, 0.6) is 0 Å². The molecule has 10 heteroatoms. The molecule has 2 heterocycles. The van der Waals surface area contributed by atoms with Crippen molar-refractivity contribution in [2.75, 3.05) is 15.7 Å². The fraction of sp³-hybridized carbons (Fsp3) is 0.227. The summed E-state index contributed by atoms with van der Waals surface area (Å²) in [5, 5.41) is 0.369. The van der Waals surface area contributed by atoms with Gasteiger partial charge in [-0.15, -0.1) is 0 Å². The van der Waals surface area contributed by atoms with Crippen molar-refractivity contribution in [2.24, 2.45) is 0 Å². The summed E-state index contributed by atoms with van der Waals surface area (Å²) in [5.41, 5.74) is 1.88.